The zero-order valence-corrected chi connectivity index (χ0v) is 7.86. The summed E-state index contributed by atoms with van der Waals surface area (Å²) in [6.45, 7) is 2.07. The summed E-state index contributed by atoms with van der Waals surface area (Å²) >= 11 is 0. The molecule has 1 aromatic carbocycles. The molecule has 0 bridgehead atoms. The highest BCUT2D eigenvalue weighted by Crippen LogP contribution is 2.07. The van der Waals surface area contributed by atoms with E-state index in [-0.39, 0.29) is 0 Å². The molecule has 0 N–H and O–H groups in total. The highest BCUT2D eigenvalue weighted by atomic mass is 15.1. The fraction of sp³-hybridized carbons (Fsp3) is 0.182. The van der Waals surface area contributed by atoms with Crippen molar-refractivity contribution < 1.29 is 4.57 Å². The molecule has 0 amide bonds. The zero-order chi connectivity index (χ0) is 9.26. The molecule has 13 heavy (non-hydrogen) atoms. The number of hydrogen-bond donors (Lipinski definition) is 0. The second-order valence-electron chi connectivity index (χ2n) is 3.15. The Labute approximate surface area is 78.1 Å². The van der Waals surface area contributed by atoms with Gasteiger partial charge in [-0.15, -0.1) is 0 Å². The molecule has 0 unspecified atom stereocenters. The Morgan fingerprint density at radius 1 is 1.23 bits per heavy atom. The van der Waals surface area contributed by atoms with Crippen LogP contribution in [0.3, 0.4) is 0 Å². The van der Waals surface area contributed by atoms with Gasteiger partial charge in [-0.25, -0.2) is 0 Å². The zero-order valence-electron chi connectivity index (χ0n) is 7.86. The Morgan fingerprint density at radius 3 is 2.46 bits per heavy atom. The Kier molecular flexibility index (Phi) is 1.89. The summed E-state index contributed by atoms with van der Waals surface area (Å²) in [6, 6.07) is 10.2. The number of para-hydroxylation sites is 1. The Hall–Kier alpha value is -1.57. The summed E-state index contributed by atoms with van der Waals surface area (Å²) in [5.41, 5.74) is 2.34. The molecule has 2 rings (SSSR count). The van der Waals surface area contributed by atoms with Crippen molar-refractivity contribution in [3.63, 3.8) is 0 Å². The molecule has 0 aliphatic rings. The molecule has 0 spiro atoms. The van der Waals surface area contributed by atoms with Crippen LogP contribution in [0, 0.1) is 13.3 Å². The van der Waals surface area contributed by atoms with Crippen LogP contribution in [0.2, 0.25) is 0 Å². The smallest absolute Gasteiger partial charge is 0.243 e. The molecule has 0 saturated carbocycles. The Bertz CT molecular complexity index is 401. The SMILES string of the molecule is Cc1c[n+](C)[c-]n1-c1ccccc1. The first-order valence-corrected chi connectivity index (χ1v) is 4.30. The number of rotatable bonds is 1. The van der Waals surface area contributed by atoms with Crippen molar-refractivity contribution in [1.82, 2.24) is 4.57 Å². The van der Waals surface area contributed by atoms with Gasteiger partial charge in [-0.2, -0.15) is 0 Å². The molecule has 2 aromatic rings. The minimum Gasteiger partial charge on any atom is -0.324 e. The van der Waals surface area contributed by atoms with E-state index < -0.39 is 0 Å². The fourth-order valence-corrected chi connectivity index (χ4v) is 1.44. The van der Waals surface area contributed by atoms with Crippen LogP contribution in [-0.2, 0) is 7.05 Å². The molecule has 2 nitrogen and oxygen atoms in total. The normalized spacial score (nSPS) is 10.3. The van der Waals surface area contributed by atoms with Crippen molar-refractivity contribution in [1.29, 1.82) is 0 Å². The van der Waals surface area contributed by atoms with E-state index in [4.69, 9.17) is 0 Å². The van der Waals surface area contributed by atoms with E-state index >= 15 is 0 Å². The first kappa shape index (κ1) is 8.05. The summed E-state index contributed by atoms with van der Waals surface area (Å²) < 4.78 is 3.97. The van der Waals surface area contributed by atoms with Crippen molar-refractivity contribution in [2.45, 2.75) is 6.92 Å². The van der Waals surface area contributed by atoms with Gasteiger partial charge in [-0.3, -0.25) is 0 Å². The van der Waals surface area contributed by atoms with E-state index in [0.29, 0.717) is 0 Å². The molecule has 0 atom stereocenters. The summed E-state index contributed by atoms with van der Waals surface area (Å²) in [7, 11) is 1.98. The molecular formula is C11H12N2. The maximum absolute atomic E-state index is 3.19. The van der Waals surface area contributed by atoms with E-state index in [1.54, 1.807) is 0 Å². The second-order valence-corrected chi connectivity index (χ2v) is 3.15. The maximum atomic E-state index is 3.19. The minimum absolute atomic E-state index is 1.15. The average Bonchev–Trinajstić information content (AvgIpc) is 2.47. The van der Waals surface area contributed by atoms with Crippen LogP contribution in [0.25, 0.3) is 5.69 Å². The largest absolute Gasteiger partial charge is 0.324 e. The van der Waals surface area contributed by atoms with Gasteiger partial charge in [0.1, 0.15) is 0 Å². The first-order valence-electron chi connectivity index (χ1n) is 4.30. The van der Waals surface area contributed by atoms with Crippen molar-refractivity contribution in [3.8, 4) is 5.69 Å². The van der Waals surface area contributed by atoms with Crippen molar-refractivity contribution >= 4 is 0 Å². The van der Waals surface area contributed by atoms with E-state index in [1.165, 1.54) is 5.69 Å². The predicted molar refractivity (Wildman–Crippen MR) is 50.5 cm³/mol. The van der Waals surface area contributed by atoms with Crippen LogP contribution < -0.4 is 4.57 Å². The third kappa shape index (κ3) is 1.47. The van der Waals surface area contributed by atoms with Gasteiger partial charge in [0, 0.05) is 11.9 Å². The lowest BCUT2D eigenvalue weighted by Crippen LogP contribution is -2.24. The number of aromatic nitrogens is 2. The van der Waals surface area contributed by atoms with Gasteiger partial charge < -0.3 is 9.13 Å². The van der Waals surface area contributed by atoms with Crippen LogP contribution >= 0.6 is 0 Å². The van der Waals surface area contributed by atoms with Gasteiger partial charge in [-0.05, 0) is 6.92 Å². The summed E-state index contributed by atoms with van der Waals surface area (Å²) in [5, 5.41) is 0. The highest BCUT2D eigenvalue weighted by Gasteiger charge is 1.99. The molecule has 0 saturated heterocycles. The quantitative estimate of drug-likeness (QED) is 0.454. The highest BCUT2D eigenvalue weighted by molar-refractivity contribution is 5.31. The monoisotopic (exact) mass is 172 g/mol. The summed E-state index contributed by atoms with van der Waals surface area (Å²) in [6.07, 6.45) is 5.24. The van der Waals surface area contributed by atoms with Gasteiger partial charge in [0.05, 0.1) is 12.7 Å². The lowest BCUT2D eigenvalue weighted by atomic mass is 10.3. The third-order valence-corrected chi connectivity index (χ3v) is 2.01. The molecule has 1 aromatic heterocycles. The number of imidazole rings is 1. The van der Waals surface area contributed by atoms with Crippen molar-refractivity contribution in [3.05, 3.63) is 48.5 Å². The lowest BCUT2D eigenvalue weighted by Gasteiger charge is -2.03. The topological polar surface area (TPSA) is 8.81 Å². The molecule has 1 heterocycles. The van der Waals surface area contributed by atoms with Crippen LogP contribution in [0.1, 0.15) is 5.69 Å². The molecule has 0 radical (unpaired) electrons. The predicted octanol–water partition coefficient (Wildman–Crippen LogP) is 1.41. The molecule has 0 aliphatic carbocycles. The van der Waals surface area contributed by atoms with Crippen LogP contribution in [0.15, 0.2) is 36.5 Å². The van der Waals surface area contributed by atoms with Crippen molar-refractivity contribution in [2.24, 2.45) is 7.05 Å². The van der Waals surface area contributed by atoms with Gasteiger partial charge in [0.2, 0.25) is 6.33 Å². The van der Waals surface area contributed by atoms with Gasteiger partial charge >= 0.3 is 0 Å². The molecule has 0 aliphatic heterocycles. The van der Waals surface area contributed by atoms with Gasteiger partial charge in [0.25, 0.3) is 0 Å². The van der Waals surface area contributed by atoms with Crippen LogP contribution in [0.5, 0.6) is 0 Å². The van der Waals surface area contributed by atoms with Gasteiger partial charge in [-0.1, -0.05) is 30.3 Å². The maximum Gasteiger partial charge on any atom is 0.243 e. The summed E-state index contributed by atoms with van der Waals surface area (Å²) in [5.74, 6) is 0. The van der Waals surface area contributed by atoms with E-state index in [9.17, 15) is 0 Å². The number of hydrogen-bond acceptors (Lipinski definition) is 0. The first-order chi connectivity index (χ1) is 6.27. The number of nitrogens with zero attached hydrogens (tertiary/aromatic N) is 2. The molecule has 66 valence electrons. The standard InChI is InChI=1S/C11H12N2/c1-10-8-12(2)9-13(10)11-6-4-3-5-7-11/h3-8H,1-2H3. The lowest BCUT2D eigenvalue weighted by molar-refractivity contribution is -0.675. The Balaban J connectivity index is 2.53. The minimum atomic E-state index is 1.15. The molecule has 2 heteroatoms. The average molecular weight is 172 g/mol. The van der Waals surface area contributed by atoms with Crippen LogP contribution in [-0.4, -0.2) is 4.57 Å². The number of benzene rings is 1. The van der Waals surface area contributed by atoms with E-state index in [0.717, 1.165) is 5.69 Å². The van der Waals surface area contributed by atoms with E-state index in [2.05, 4.69) is 25.4 Å². The second kappa shape index (κ2) is 3.05. The van der Waals surface area contributed by atoms with E-state index in [1.807, 2.05) is 40.6 Å². The van der Waals surface area contributed by atoms with Gasteiger partial charge in [0.15, 0.2) is 0 Å². The molecule has 0 fully saturated rings. The summed E-state index contributed by atoms with van der Waals surface area (Å²) in [4.78, 5) is 0. The van der Waals surface area contributed by atoms with Crippen LogP contribution in [0.4, 0.5) is 0 Å². The molecular weight excluding hydrogens is 160 g/mol. The fourth-order valence-electron chi connectivity index (χ4n) is 1.44. The Morgan fingerprint density at radius 2 is 1.92 bits per heavy atom. The number of aryl methyl sites for hydroxylation is 2. The van der Waals surface area contributed by atoms with Crippen molar-refractivity contribution in [2.75, 3.05) is 0 Å². The third-order valence-electron chi connectivity index (χ3n) is 2.01.